The molecular formula is C21H24N4O2. The first kappa shape index (κ1) is 17.5. The summed E-state index contributed by atoms with van der Waals surface area (Å²) in [6.45, 7) is 1.18. The molecule has 0 aliphatic heterocycles. The van der Waals surface area contributed by atoms with Crippen molar-refractivity contribution in [2.45, 2.75) is 25.6 Å². The van der Waals surface area contributed by atoms with Crippen LogP contribution in [0.5, 0.6) is 0 Å². The second kappa shape index (κ2) is 8.22. The van der Waals surface area contributed by atoms with Crippen molar-refractivity contribution in [3.05, 3.63) is 77.9 Å². The van der Waals surface area contributed by atoms with E-state index in [9.17, 15) is 0 Å². The lowest BCUT2D eigenvalue weighted by atomic mass is 10.0. The Morgan fingerprint density at radius 1 is 1.19 bits per heavy atom. The fraction of sp³-hybridized carbons (Fsp3) is 0.333. The molecule has 2 aromatic rings. The Hall–Kier alpha value is -2.86. The highest BCUT2D eigenvalue weighted by Crippen LogP contribution is 2.40. The van der Waals surface area contributed by atoms with Crippen molar-refractivity contribution in [3.63, 3.8) is 0 Å². The van der Waals surface area contributed by atoms with Gasteiger partial charge in [0.05, 0.1) is 6.54 Å². The number of anilines is 1. The minimum absolute atomic E-state index is 0.409. The zero-order valence-electron chi connectivity index (χ0n) is 15.3. The van der Waals surface area contributed by atoms with Crippen LogP contribution in [0.1, 0.15) is 17.9 Å². The Kier molecular flexibility index (Phi) is 5.34. The topological polar surface area (TPSA) is 72.2 Å². The zero-order valence-corrected chi connectivity index (χ0v) is 15.3. The summed E-state index contributed by atoms with van der Waals surface area (Å²) in [7, 11) is 1.76. The lowest BCUT2D eigenvalue weighted by Crippen LogP contribution is -2.19. The Morgan fingerprint density at radius 3 is 2.89 bits per heavy atom. The largest absolute Gasteiger partial charge is 0.489 e. The molecule has 0 spiro atoms. The molecule has 2 N–H and O–H groups in total. The molecule has 1 aromatic heterocycles. The van der Waals surface area contributed by atoms with E-state index in [4.69, 9.17) is 9.15 Å². The van der Waals surface area contributed by atoms with E-state index in [2.05, 4.69) is 57.3 Å². The van der Waals surface area contributed by atoms with Crippen LogP contribution in [0.15, 0.2) is 70.9 Å². The summed E-state index contributed by atoms with van der Waals surface area (Å²) in [6.07, 6.45) is 11.8. The maximum atomic E-state index is 5.92. The first-order valence-corrected chi connectivity index (χ1v) is 9.29. The Balaban J connectivity index is 1.24. The predicted molar refractivity (Wildman–Crippen MR) is 104 cm³/mol. The number of hydrogen-bond donors (Lipinski definition) is 2. The van der Waals surface area contributed by atoms with E-state index in [1.54, 1.807) is 7.05 Å². The van der Waals surface area contributed by atoms with Gasteiger partial charge in [0.15, 0.2) is 0 Å². The molecule has 0 saturated heterocycles. The van der Waals surface area contributed by atoms with Gasteiger partial charge in [-0.3, -0.25) is 0 Å². The van der Waals surface area contributed by atoms with Crippen LogP contribution in [-0.4, -0.2) is 23.3 Å². The first-order chi connectivity index (χ1) is 13.3. The molecule has 1 aromatic carbocycles. The van der Waals surface area contributed by atoms with Gasteiger partial charge < -0.3 is 19.8 Å². The average molecular weight is 364 g/mol. The molecule has 1 fully saturated rings. The SMILES string of the molecule is CNc1nnc(CN[C@H]2C[C@@H]2[C@@H]2C=CC=C(OCc3ccccc3)C=C2)o1. The van der Waals surface area contributed by atoms with E-state index in [0.29, 0.717) is 42.9 Å². The molecule has 0 unspecified atom stereocenters. The normalized spacial score (nSPS) is 23.6. The molecule has 6 heteroatoms. The van der Waals surface area contributed by atoms with Crippen molar-refractivity contribution < 1.29 is 9.15 Å². The summed E-state index contributed by atoms with van der Waals surface area (Å²) in [5, 5.41) is 14.2. The van der Waals surface area contributed by atoms with Crippen molar-refractivity contribution in [1.82, 2.24) is 15.5 Å². The van der Waals surface area contributed by atoms with Crippen LogP contribution in [-0.2, 0) is 17.9 Å². The number of hydrogen-bond acceptors (Lipinski definition) is 6. The van der Waals surface area contributed by atoms with Crippen LogP contribution in [0.2, 0.25) is 0 Å². The first-order valence-electron chi connectivity index (χ1n) is 9.29. The van der Waals surface area contributed by atoms with E-state index in [1.165, 1.54) is 5.56 Å². The second-order valence-corrected chi connectivity index (χ2v) is 6.80. The molecule has 2 aliphatic rings. The fourth-order valence-electron chi connectivity index (χ4n) is 3.25. The minimum atomic E-state index is 0.409. The van der Waals surface area contributed by atoms with Gasteiger partial charge in [0.1, 0.15) is 12.4 Å². The van der Waals surface area contributed by atoms with Gasteiger partial charge in [-0.15, -0.1) is 5.10 Å². The van der Waals surface area contributed by atoms with E-state index in [1.807, 2.05) is 24.3 Å². The standard InChI is InChI=1S/C21H24N4O2/c1-22-21-25-24-20(27-21)13-23-19-12-18(19)16-8-5-9-17(11-10-16)26-14-15-6-3-2-4-7-15/h2-11,16,18-19,23H,12-14H2,1H3,(H,22,25)/t16-,18-,19+/m1/s1. The predicted octanol–water partition coefficient (Wildman–Crippen LogP) is 3.43. The van der Waals surface area contributed by atoms with E-state index >= 15 is 0 Å². The van der Waals surface area contributed by atoms with Crippen LogP contribution in [0.3, 0.4) is 0 Å². The Morgan fingerprint density at radius 2 is 2.07 bits per heavy atom. The number of allylic oxidation sites excluding steroid dienone is 5. The van der Waals surface area contributed by atoms with Gasteiger partial charge in [-0.1, -0.05) is 53.7 Å². The molecule has 2 aliphatic carbocycles. The van der Waals surface area contributed by atoms with Crippen LogP contribution in [0.4, 0.5) is 6.01 Å². The molecule has 1 saturated carbocycles. The second-order valence-electron chi connectivity index (χ2n) is 6.80. The van der Waals surface area contributed by atoms with Crippen molar-refractivity contribution in [2.24, 2.45) is 11.8 Å². The molecule has 0 amide bonds. The summed E-state index contributed by atoms with van der Waals surface area (Å²) >= 11 is 0. The quantitative estimate of drug-likeness (QED) is 0.748. The van der Waals surface area contributed by atoms with E-state index in [-0.39, 0.29) is 0 Å². The maximum Gasteiger partial charge on any atom is 0.315 e. The number of benzene rings is 1. The lowest BCUT2D eigenvalue weighted by molar-refractivity contribution is 0.211. The van der Waals surface area contributed by atoms with Crippen LogP contribution >= 0.6 is 0 Å². The molecule has 0 bridgehead atoms. The van der Waals surface area contributed by atoms with E-state index < -0.39 is 0 Å². The maximum absolute atomic E-state index is 5.92. The van der Waals surface area contributed by atoms with Gasteiger partial charge in [0.25, 0.3) is 0 Å². The molecule has 0 radical (unpaired) electrons. The molecule has 6 nitrogen and oxygen atoms in total. The molecule has 3 atom stereocenters. The van der Waals surface area contributed by atoms with Gasteiger partial charge in [-0.2, -0.15) is 0 Å². The summed E-state index contributed by atoms with van der Waals surface area (Å²) in [5.41, 5.74) is 1.17. The molecule has 140 valence electrons. The zero-order chi connectivity index (χ0) is 18.5. The number of aromatic nitrogens is 2. The summed E-state index contributed by atoms with van der Waals surface area (Å²) in [5.74, 6) is 2.50. The number of ether oxygens (including phenoxy) is 1. The monoisotopic (exact) mass is 364 g/mol. The smallest absolute Gasteiger partial charge is 0.315 e. The summed E-state index contributed by atoms with van der Waals surface area (Å²) in [6, 6.07) is 11.1. The van der Waals surface area contributed by atoms with Gasteiger partial charge in [-0.05, 0) is 36.0 Å². The fourth-order valence-corrected chi connectivity index (χ4v) is 3.25. The van der Waals surface area contributed by atoms with Crippen LogP contribution < -0.4 is 10.6 Å². The van der Waals surface area contributed by atoms with Crippen molar-refractivity contribution in [2.75, 3.05) is 12.4 Å². The average Bonchev–Trinajstić information content (AvgIpc) is 3.40. The molecule has 1 heterocycles. The summed E-state index contributed by atoms with van der Waals surface area (Å²) < 4.78 is 11.4. The number of nitrogens with one attached hydrogen (secondary N) is 2. The summed E-state index contributed by atoms with van der Waals surface area (Å²) in [4.78, 5) is 0. The van der Waals surface area contributed by atoms with Crippen molar-refractivity contribution >= 4 is 6.01 Å². The minimum Gasteiger partial charge on any atom is -0.489 e. The van der Waals surface area contributed by atoms with Crippen LogP contribution in [0.25, 0.3) is 0 Å². The third kappa shape index (κ3) is 4.65. The van der Waals surface area contributed by atoms with Crippen molar-refractivity contribution in [3.8, 4) is 0 Å². The number of rotatable bonds is 8. The van der Waals surface area contributed by atoms with Gasteiger partial charge in [-0.25, -0.2) is 0 Å². The molecule has 4 rings (SSSR count). The highest BCUT2D eigenvalue weighted by Gasteiger charge is 2.40. The van der Waals surface area contributed by atoms with E-state index in [0.717, 1.165) is 12.2 Å². The lowest BCUT2D eigenvalue weighted by Gasteiger charge is -2.08. The van der Waals surface area contributed by atoms with Crippen molar-refractivity contribution in [1.29, 1.82) is 0 Å². The highest BCUT2D eigenvalue weighted by molar-refractivity contribution is 5.27. The number of nitrogens with zero attached hydrogens (tertiary/aromatic N) is 2. The van der Waals surface area contributed by atoms with Gasteiger partial charge in [0.2, 0.25) is 5.89 Å². The Labute approximate surface area is 159 Å². The highest BCUT2D eigenvalue weighted by atomic mass is 16.5. The third-order valence-electron chi connectivity index (χ3n) is 4.86. The molecule has 27 heavy (non-hydrogen) atoms. The third-order valence-corrected chi connectivity index (χ3v) is 4.86. The Bertz CT molecular complexity index is 841. The van der Waals surface area contributed by atoms with Crippen LogP contribution in [0, 0.1) is 11.8 Å². The van der Waals surface area contributed by atoms with Gasteiger partial charge in [0, 0.05) is 13.1 Å². The van der Waals surface area contributed by atoms with Gasteiger partial charge >= 0.3 is 6.01 Å². The molecular weight excluding hydrogens is 340 g/mol.